The highest BCUT2D eigenvalue weighted by Gasteiger charge is 2.23. The van der Waals surface area contributed by atoms with Crippen molar-refractivity contribution in [1.82, 2.24) is 10.1 Å². The summed E-state index contributed by atoms with van der Waals surface area (Å²) in [6.07, 6.45) is 0. The maximum atomic E-state index is 14.2. The number of pyridine rings is 1. The van der Waals surface area contributed by atoms with Crippen LogP contribution in [0.4, 0.5) is 4.39 Å². The van der Waals surface area contributed by atoms with Crippen LogP contribution in [0.25, 0.3) is 33.6 Å². The van der Waals surface area contributed by atoms with E-state index in [1.165, 1.54) is 19.2 Å². The molecule has 4 rings (SSSR count). The third-order valence-corrected chi connectivity index (χ3v) is 4.05. The summed E-state index contributed by atoms with van der Waals surface area (Å²) in [5.74, 6) is -1.02. The first-order valence-electron chi connectivity index (χ1n) is 7.88. The molecule has 0 unspecified atom stereocenters. The molecule has 2 aromatic heterocycles. The van der Waals surface area contributed by atoms with Crippen molar-refractivity contribution < 1.29 is 18.4 Å². The van der Waals surface area contributed by atoms with E-state index in [1.807, 2.05) is 30.3 Å². The van der Waals surface area contributed by atoms with Gasteiger partial charge >= 0.3 is 5.97 Å². The lowest BCUT2D eigenvalue weighted by Crippen LogP contribution is -2.04. The minimum Gasteiger partial charge on any atom is -0.465 e. The second-order valence-corrected chi connectivity index (χ2v) is 5.60. The molecule has 2 aromatic carbocycles. The number of aromatic nitrogens is 2. The van der Waals surface area contributed by atoms with Gasteiger partial charge < -0.3 is 9.26 Å². The predicted molar refractivity (Wildman–Crippen MR) is 94.0 cm³/mol. The molecule has 0 amide bonds. The summed E-state index contributed by atoms with van der Waals surface area (Å²) < 4.78 is 24.4. The van der Waals surface area contributed by atoms with Crippen LogP contribution in [0.1, 0.15) is 10.4 Å². The Morgan fingerprint density at radius 3 is 2.54 bits per heavy atom. The number of ether oxygens (including phenoxy) is 1. The Labute approximate surface area is 148 Å². The fourth-order valence-electron chi connectivity index (χ4n) is 2.82. The largest absolute Gasteiger partial charge is 0.465 e. The van der Waals surface area contributed by atoms with E-state index in [2.05, 4.69) is 10.1 Å². The lowest BCUT2D eigenvalue weighted by atomic mass is 10.0. The maximum Gasteiger partial charge on any atom is 0.338 e. The number of hydrogen-bond acceptors (Lipinski definition) is 5. The number of esters is 1. The SMILES string of the molecule is COC(=O)c1cc(-c2ccccc2F)nc2onc(-c3ccccc3)c12. The molecular formula is C20H13FN2O3. The van der Waals surface area contributed by atoms with Crippen LogP contribution in [0.5, 0.6) is 0 Å². The Morgan fingerprint density at radius 1 is 1.08 bits per heavy atom. The summed E-state index contributed by atoms with van der Waals surface area (Å²) in [7, 11) is 1.28. The van der Waals surface area contributed by atoms with Gasteiger partial charge in [0.2, 0.25) is 0 Å². The van der Waals surface area contributed by atoms with Crippen molar-refractivity contribution >= 4 is 17.1 Å². The smallest absolute Gasteiger partial charge is 0.338 e. The van der Waals surface area contributed by atoms with Crippen molar-refractivity contribution in [2.75, 3.05) is 7.11 Å². The first-order chi connectivity index (χ1) is 12.7. The molecule has 5 nitrogen and oxygen atoms in total. The Kier molecular flexibility index (Phi) is 3.93. The summed E-state index contributed by atoms with van der Waals surface area (Å²) in [6.45, 7) is 0. The first kappa shape index (κ1) is 16.0. The highest BCUT2D eigenvalue weighted by molar-refractivity contribution is 6.08. The fraction of sp³-hybridized carbons (Fsp3) is 0.0500. The maximum absolute atomic E-state index is 14.2. The molecule has 2 heterocycles. The monoisotopic (exact) mass is 348 g/mol. The van der Waals surface area contributed by atoms with Gasteiger partial charge in [0.15, 0.2) is 0 Å². The molecule has 26 heavy (non-hydrogen) atoms. The summed E-state index contributed by atoms with van der Waals surface area (Å²) >= 11 is 0. The number of benzene rings is 2. The molecule has 0 atom stereocenters. The van der Waals surface area contributed by atoms with Crippen molar-refractivity contribution in [3.63, 3.8) is 0 Å². The highest BCUT2D eigenvalue weighted by atomic mass is 19.1. The number of carbonyl (C=O) groups is 1. The highest BCUT2D eigenvalue weighted by Crippen LogP contribution is 2.33. The average Bonchev–Trinajstić information content (AvgIpc) is 3.11. The first-order valence-corrected chi connectivity index (χ1v) is 7.88. The molecule has 128 valence electrons. The van der Waals surface area contributed by atoms with Gasteiger partial charge in [-0.25, -0.2) is 14.2 Å². The number of fused-ring (bicyclic) bond motifs is 1. The van der Waals surface area contributed by atoms with E-state index in [0.717, 1.165) is 5.56 Å². The zero-order valence-electron chi connectivity index (χ0n) is 13.8. The van der Waals surface area contributed by atoms with Crippen LogP contribution in [-0.2, 0) is 4.74 Å². The van der Waals surface area contributed by atoms with Gasteiger partial charge in [-0.15, -0.1) is 0 Å². The van der Waals surface area contributed by atoms with E-state index < -0.39 is 11.8 Å². The van der Waals surface area contributed by atoms with Crippen molar-refractivity contribution in [2.24, 2.45) is 0 Å². The second kappa shape index (κ2) is 6.40. The van der Waals surface area contributed by atoms with Crippen LogP contribution >= 0.6 is 0 Å². The zero-order chi connectivity index (χ0) is 18.1. The fourth-order valence-corrected chi connectivity index (χ4v) is 2.82. The zero-order valence-corrected chi connectivity index (χ0v) is 13.8. The molecule has 0 aliphatic heterocycles. The molecule has 0 spiro atoms. The Bertz CT molecular complexity index is 1110. The Morgan fingerprint density at radius 2 is 1.81 bits per heavy atom. The molecule has 0 saturated carbocycles. The van der Waals surface area contributed by atoms with Gasteiger partial charge in [0.1, 0.15) is 11.5 Å². The van der Waals surface area contributed by atoms with Gasteiger partial charge in [0.25, 0.3) is 5.71 Å². The third kappa shape index (κ3) is 2.61. The molecule has 0 fully saturated rings. The third-order valence-electron chi connectivity index (χ3n) is 4.05. The van der Waals surface area contributed by atoms with Gasteiger partial charge in [-0.1, -0.05) is 47.6 Å². The van der Waals surface area contributed by atoms with Crippen molar-refractivity contribution in [1.29, 1.82) is 0 Å². The molecule has 4 aromatic rings. The molecular weight excluding hydrogens is 335 g/mol. The topological polar surface area (TPSA) is 65.2 Å². The van der Waals surface area contributed by atoms with Gasteiger partial charge in [-0.2, -0.15) is 0 Å². The molecule has 6 heteroatoms. The number of carbonyl (C=O) groups excluding carboxylic acids is 1. The van der Waals surface area contributed by atoms with Crippen molar-refractivity contribution in [2.45, 2.75) is 0 Å². The van der Waals surface area contributed by atoms with Crippen molar-refractivity contribution in [3.8, 4) is 22.5 Å². The van der Waals surface area contributed by atoms with E-state index in [1.54, 1.807) is 18.2 Å². The number of hydrogen-bond donors (Lipinski definition) is 0. The molecule has 0 aliphatic carbocycles. The van der Waals surface area contributed by atoms with E-state index in [9.17, 15) is 9.18 Å². The number of halogens is 1. The van der Waals surface area contributed by atoms with Crippen LogP contribution in [-0.4, -0.2) is 23.2 Å². The van der Waals surface area contributed by atoms with E-state index in [4.69, 9.17) is 9.26 Å². The summed E-state index contributed by atoms with van der Waals surface area (Å²) in [5, 5.41) is 4.49. The molecule has 0 saturated heterocycles. The molecule has 0 aliphatic rings. The normalized spacial score (nSPS) is 10.8. The molecule has 0 N–H and O–H groups in total. The Balaban J connectivity index is 2.01. The van der Waals surface area contributed by atoms with Gasteiger partial charge in [0, 0.05) is 11.1 Å². The van der Waals surface area contributed by atoms with Gasteiger partial charge in [-0.3, -0.25) is 0 Å². The summed E-state index contributed by atoms with van der Waals surface area (Å²) in [6, 6.07) is 17.0. The lowest BCUT2D eigenvalue weighted by Gasteiger charge is -2.07. The number of nitrogens with zero attached hydrogens (tertiary/aromatic N) is 2. The molecule has 0 radical (unpaired) electrons. The average molecular weight is 348 g/mol. The van der Waals surface area contributed by atoms with Gasteiger partial charge in [0.05, 0.1) is 23.8 Å². The minimum absolute atomic E-state index is 0.144. The van der Waals surface area contributed by atoms with Crippen LogP contribution in [0.15, 0.2) is 65.2 Å². The van der Waals surface area contributed by atoms with E-state index in [0.29, 0.717) is 11.1 Å². The Hall–Kier alpha value is -3.54. The van der Waals surface area contributed by atoms with Crippen molar-refractivity contribution in [3.05, 3.63) is 72.0 Å². The summed E-state index contributed by atoms with van der Waals surface area (Å²) in [5.41, 5.74) is 2.15. The van der Waals surface area contributed by atoms with Crippen LogP contribution in [0.2, 0.25) is 0 Å². The molecule has 0 bridgehead atoms. The quantitative estimate of drug-likeness (QED) is 0.511. The number of methoxy groups -OCH3 is 1. The predicted octanol–water partition coefficient (Wildman–Crippen LogP) is 4.48. The van der Waals surface area contributed by atoms with Crippen LogP contribution < -0.4 is 0 Å². The standard InChI is InChI=1S/C20H13FN2O3/c1-25-20(24)14-11-16(13-9-5-6-10-15(13)21)22-19-17(14)18(23-26-19)12-7-3-2-4-8-12/h2-11H,1H3. The van der Waals surface area contributed by atoms with Crippen LogP contribution in [0.3, 0.4) is 0 Å². The lowest BCUT2D eigenvalue weighted by molar-refractivity contribution is 0.0603. The summed E-state index contributed by atoms with van der Waals surface area (Å²) in [4.78, 5) is 16.7. The second-order valence-electron chi connectivity index (χ2n) is 5.60. The number of rotatable bonds is 3. The van der Waals surface area contributed by atoms with E-state index >= 15 is 0 Å². The minimum atomic E-state index is -0.574. The van der Waals surface area contributed by atoms with Gasteiger partial charge in [-0.05, 0) is 18.2 Å². The van der Waals surface area contributed by atoms with Crippen LogP contribution in [0, 0.1) is 5.82 Å². The van der Waals surface area contributed by atoms with E-state index in [-0.39, 0.29) is 22.5 Å².